The Morgan fingerprint density at radius 3 is 2.50 bits per heavy atom. The van der Waals surface area contributed by atoms with Crippen LogP contribution in [-0.2, 0) is 6.54 Å². The van der Waals surface area contributed by atoms with Crippen LogP contribution in [0.15, 0.2) is 48.5 Å². The minimum absolute atomic E-state index is 0.00139. The van der Waals surface area contributed by atoms with Gasteiger partial charge in [0.2, 0.25) is 0 Å². The molecule has 0 unspecified atom stereocenters. The number of carbonyl (C=O) groups excluding carboxylic acids is 1. The molecule has 1 spiro atoms. The molecule has 2 aromatic rings. The summed E-state index contributed by atoms with van der Waals surface area (Å²) in [6, 6.07) is 15.1. The highest BCUT2D eigenvalue weighted by Crippen LogP contribution is 2.32. The Kier molecular flexibility index (Phi) is 3.65. The Labute approximate surface area is 141 Å². The topological polar surface area (TPSA) is 64.6 Å². The summed E-state index contributed by atoms with van der Waals surface area (Å²) in [5, 5.41) is 16.6. The van der Waals surface area contributed by atoms with Crippen LogP contribution in [-0.4, -0.2) is 34.7 Å². The zero-order chi connectivity index (χ0) is 16.6. The van der Waals surface area contributed by atoms with Crippen molar-refractivity contribution in [3.05, 3.63) is 59.7 Å². The average Bonchev–Trinajstić information content (AvgIpc) is 2.59. The Hall–Kier alpha value is -2.53. The third kappa shape index (κ3) is 2.71. The fourth-order valence-electron chi connectivity index (χ4n) is 3.59. The van der Waals surface area contributed by atoms with Gasteiger partial charge in [-0.05, 0) is 18.2 Å². The highest BCUT2D eigenvalue weighted by Gasteiger charge is 2.39. The molecule has 0 radical (unpaired) electrons. The molecule has 0 bridgehead atoms. The minimum Gasteiger partial charge on any atom is -0.508 e. The highest BCUT2D eigenvalue weighted by molar-refractivity contribution is 6.02. The van der Waals surface area contributed by atoms with Crippen molar-refractivity contribution in [1.82, 2.24) is 10.2 Å². The van der Waals surface area contributed by atoms with Gasteiger partial charge < -0.3 is 15.7 Å². The molecule has 5 heteroatoms. The summed E-state index contributed by atoms with van der Waals surface area (Å²) < 4.78 is 0. The summed E-state index contributed by atoms with van der Waals surface area (Å²) in [6.45, 7) is 2.46. The molecular weight excluding hydrogens is 302 g/mol. The van der Waals surface area contributed by atoms with Gasteiger partial charge in [0.05, 0.1) is 5.56 Å². The number of rotatable bonds is 2. The maximum Gasteiger partial charge on any atom is 0.255 e. The van der Waals surface area contributed by atoms with Crippen molar-refractivity contribution in [1.29, 1.82) is 0 Å². The number of amides is 1. The molecule has 1 amide bonds. The molecule has 4 rings (SSSR count). The molecule has 1 saturated heterocycles. The molecule has 2 aromatic carbocycles. The quantitative estimate of drug-likeness (QED) is 0.795. The standard InChI is InChI=1S/C19H21N3O2/c23-17-8-4-1-5-14(17)13-22-11-9-19(10-12-22)20-16-7-3-2-6-15(16)18(24)21-19/h1-8,20,23H,9-13H2,(H,21,24). The zero-order valence-corrected chi connectivity index (χ0v) is 13.5. The zero-order valence-electron chi connectivity index (χ0n) is 13.5. The van der Waals surface area contributed by atoms with Gasteiger partial charge in [-0.2, -0.15) is 0 Å². The summed E-state index contributed by atoms with van der Waals surface area (Å²) >= 11 is 0. The van der Waals surface area contributed by atoms with Gasteiger partial charge >= 0.3 is 0 Å². The van der Waals surface area contributed by atoms with E-state index < -0.39 is 0 Å². The van der Waals surface area contributed by atoms with Crippen LogP contribution >= 0.6 is 0 Å². The first-order valence-corrected chi connectivity index (χ1v) is 8.34. The summed E-state index contributed by atoms with van der Waals surface area (Å²) in [5.41, 5.74) is 2.20. The van der Waals surface area contributed by atoms with Crippen LogP contribution in [0.5, 0.6) is 5.75 Å². The molecule has 0 atom stereocenters. The predicted molar refractivity (Wildman–Crippen MR) is 92.9 cm³/mol. The SMILES string of the molecule is O=C1NC2(CCN(Cc3ccccc3O)CC2)Nc2ccccc21. The number of fused-ring (bicyclic) bond motifs is 1. The third-order valence-electron chi connectivity index (χ3n) is 4.99. The van der Waals surface area contributed by atoms with E-state index in [1.165, 1.54) is 0 Å². The largest absolute Gasteiger partial charge is 0.508 e. The average molecular weight is 323 g/mol. The number of aromatic hydroxyl groups is 1. The summed E-state index contributed by atoms with van der Waals surface area (Å²) in [6.07, 6.45) is 1.67. The van der Waals surface area contributed by atoms with Crippen molar-refractivity contribution in [2.45, 2.75) is 25.0 Å². The molecule has 2 aliphatic rings. The lowest BCUT2D eigenvalue weighted by Gasteiger charge is -2.46. The second-order valence-corrected chi connectivity index (χ2v) is 6.61. The van der Waals surface area contributed by atoms with Crippen LogP contribution in [0.25, 0.3) is 0 Å². The van der Waals surface area contributed by atoms with Crippen LogP contribution in [0.4, 0.5) is 5.69 Å². The number of likely N-dealkylation sites (tertiary alicyclic amines) is 1. The number of phenolic OH excluding ortho intramolecular Hbond substituents is 1. The maximum atomic E-state index is 12.4. The van der Waals surface area contributed by atoms with Gasteiger partial charge in [-0.25, -0.2) is 0 Å². The van der Waals surface area contributed by atoms with E-state index in [1.54, 1.807) is 6.07 Å². The van der Waals surface area contributed by atoms with Gasteiger partial charge in [-0.1, -0.05) is 30.3 Å². The number of nitrogens with one attached hydrogen (secondary N) is 2. The van der Waals surface area contributed by atoms with Gasteiger partial charge in [0, 0.05) is 43.7 Å². The molecule has 5 nitrogen and oxygen atoms in total. The van der Waals surface area contributed by atoms with Crippen molar-refractivity contribution in [3.8, 4) is 5.75 Å². The number of hydrogen-bond donors (Lipinski definition) is 3. The summed E-state index contributed by atoms with van der Waals surface area (Å²) in [4.78, 5) is 14.7. The van der Waals surface area contributed by atoms with E-state index in [-0.39, 0.29) is 11.6 Å². The number of nitrogens with zero attached hydrogens (tertiary/aromatic N) is 1. The van der Waals surface area contributed by atoms with Crippen LogP contribution in [0, 0.1) is 0 Å². The monoisotopic (exact) mass is 323 g/mol. The molecule has 3 N–H and O–H groups in total. The molecular formula is C19H21N3O2. The molecule has 0 aliphatic carbocycles. The lowest BCUT2D eigenvalue weighted by Crippen LogP contribution is -2.62. The number of phenols is 1. The Bertz CT molecular complexity index is 767. The third-order valence-corrected chi connectivity index (χ3v) is 4.99. The van der Waals surface area contributed by atoms with Gasteiger partial charge in [-0.3, -0.25) is 9.69 Å². The molecule has 2 aliphatic heterocycles. The van der Waals surface area contributed by atoms with Crippen LogP contribution < -0.4 is 10.6 Å². The van der Waals surface area contributed by atoms with Crippen molar-refractivity contribution in [2.24, 2.45) is 0 Å². The molecule has 0 aromatic heterocycles. The van der Waals surface area contributed by atoms with Gasteiger partial charge in [0.1, 0.15) is 11.4 Å². The molecule has 24 heavy (non-hydrogen) atoms. The smallest absolute Gasteiger partial charge is 0.255 e. The second kappa shape index (κ2) is 5.83. The Morgan fingerprint density at radius 2 is 1.71 bits per heavy atom. The number of hydrogen-bond acceptors (Lipinski definition) is 4. The van der Waals surface area contributed by atoms with Gasteiger partial charge in [-0.15, -0.1) is 0 Å². The lowest BCUT2D eigenvalue weighted by molar-refractivity contribution is 0.0822. The van der Waals surface area contributed by atoms with Crippen LogP contribution in [0.2, 0.25) is 0 Å². The first kappa shape index (κ1) is 15.0. The Morgan fingerprint density at radius 1 is 1.00 bits per heavy atom. The van der Waals surface area contributed by atoms with E-state index in [4.69, 9.17) is 0 Å². The van der Waals surface area contributed by atoms with E-state index in [0.717, 1.165) is 43.7 Å². The van der Waals surface area contributed by atoms with E-state index >= 15 is 0 Å². The molecule has 124 valence electrons. The van der Waals surface area contributed by atoms with E-state index in [1.807, 2.05) is 42.5 Å². The maximum absolute atomic E-state index is 12.4. The van der Waals surface area contributed by atoms with E-state index in [2.05, 4.69) is 15.5 Å². The van der Waals surface area contributed by atoms with Crippen molar-refractivity contribution < 1.29 is 9.90 Å². The van der Waals surface area contributed by atoms with Gasteiger partial charge in [0.25, 0.3) is 5.91 Å². The number of carbonyl (C=O) groups is 1. The summed E-state index contributed by atoms with van der Waals surface area (Å²) in [5.74, 6) is 0.342. The predicted octanol–water partition coefficient (Wildman–Crippen LogP) is 2.54. The van der Waals surface area contributed by atoms with E-state index in [0.29, 0.717) is 11.3 Å². The van der Waals surface area contributed by atoms with Crippen LogP contribution in [0.3, 0.4) is 0 Å². The van der Waals surface area contributed by atoms with Crippen LogP contribution in [0.1, 0.15) is 28.8 Å². The molecule has 0 saturated carbocycles. The Balaban J connectivity index is 1.45. The van der Waals surface area contributed by atoms with Crippen molar-refractivity contribution >= 4 is 11.6 Å². The lowest BCUT2D eigenvalue weighted by atomic mass is 9.92. The van der Waals surface area contributed by atoms with Crippen molar-refractivity contribution in [2.75, 3.05) is 18.4 Å². The molecule has 2 heterocycles. The summed E-state index contributed by atoms with van der Waals surface area (Å²) in [7, 11) is 0. The fraction of sp³-hybridized carbons (Fsp3) is 0.316. The molecule has 1 fully saturated rings. The highest BCUT2D eigenvalue weighted by atomic mass is 16.3. The first-order chi connectivity index (χ1) is 11.7. The van der Waals surface area contributed by atoms with E-state index in [9.17, 15) is 9.90 Å². The first-order valence-electron chi connectivity index (χ1n) is 8.34. The number of anilines is 1. The number of para-hydroxylation sites is 2. The number of benzene rings is 2. The second-order valence-electron chi connectivity index (χ2n) is 6.61. The van der Waals surface area contributed by atoms with Gasteiger partial charge in [0.15, 0.2) is 0 Å². The normalized spacial score (nSPS) is 19.4. The number of piperidine rings is 1. The minimum atomic E-state index is -0.360. The van der Waals surface area contributed by atoms with Crippen molar-refractivity contribution in [3.63, 3.8) is 0 Å². The fourth-order valence-corrected chi connectivity index (χ4v) is 3.59.